The molecule has 1 fully saturated rings. The van der Waals surface area contributed by atoms with E-state index in [2.05, 4.69) is 32.1 Å². The summed E-state index contributed by atoms with van der Waals surface area (Å²) in [6.45, 7) is 1.60. The number of aromatic nitrogens is 4. The number of carbonyl (C=O) groups is 1. The van der Waals surface area contributed by atoms with Crippen molar-refractivity contribution in [1.29, 1.82) is 0 Å². The Morgan fingerprint density at radius 1 is 1.29 bits per heavy atom. The lowest BCUT2D eigenvalue weighted by Crippen LogP contribution is -2.34. The molecule has 1 atom stereocenters. The number of rotatable bonds is 5. The van der Waals surface area contributed by atoms with E-state index < -0.39 is 5.97 Å². The van der Waals surface area contributed by atoms with Gasteiger partial charge in [0, 0.05) is 25.2 Å². The highest BCUT2D eigenvalue weighted by Crippen LogP contribution is 2.36. The predicted octanol–water partition coefficient (Wildman–Crippen LogP) is 3.85. The number of aromatic carboxylic acids is 1. The van der Waals surface area contributed by atoms with Crippen LogP contribution in [0, 0.1) is 0 Å². The van der Waals surface area contributed by atoms with Gasteiger partial charge in [-0.3, -0.25) is 9.78 Å². The second-order valence-electron chi connectivity index (χ2n) is 8.25. The topological polar surface area (TPSA) is 113 Å². The number of anilines is 1. The Labute approximate surface area is 199 Å². The molecule has 0 bridgehead atoms. The molecule has 0 radical (unpaired) electrons. The number of ether oxygens (including phenoxy) is 1. The first-order valence-electron chi connectivity index (χ1n) is 10.8. The van der Waals surface area contributed by atoms with Crippen molar-refractivity contribution in [3.8, 4) is 11.7 Å². The highest BCUT2D eigenvalue weighted by molar-refractivity contribution is 6.34. The van der Waals surface area contributed by atoms with Crippen LogP contribution in [0.25, 0.3) is 16.9 Å². The summed E-state index contributed by atoms with van der Waals surface area (Å²) in [5.74, 6) is 0.151. The number of benzene rings is 2. The van der Waals surface area contributed by atoms with Crippen molar-refractivity contribution >= 4 is 34.2 Å². The molecule has 0 spiro atoms. The van der Waals surface area contributed by atoms with Gasteiger partial charge in [0.05, 0.1) is 40.5 Å². The van der Waals surface area contributed by atoms with Gasteiger partial charge in [0.1, 0.15) is 5.75 Å². The van der Waals surface area contributed by atoms with Crippen molar-refractivity contribution in [3.63, 3.8) is 0 Å². The summed E-state index contributed by atoms with van der Waals surface area (Å²) < 4.78 is 6.59. The molecule has 2 N–H and O–H groups in total. The second kappa shape index (κ2) is 8.83. The number of hydrogen-bond acceptors (Lipinski definition) is 6. The summed E-state index contributed by atoms with van der Waals surface area (Å²) in [7, 11) is 1.66. The molecule has 1 unspecified atom stereocenters. The van der Waals surface area contributed by atoms with Gasteiger partial charge in [0.25, 0.3) is 5.56 Å². The molecule has 1 aliphatic heterocycles. The Kier molecular flexibility index (Phi) is 5.70. The fourth-order valence-corrected chi connectivity index (χ4v) is 4.68. The van der Waals surface area contributed by atoms with Gasteiger partial charge in [-0.15, -0.1) is 0 Å². The highest BCUT2D eigenvalue weighted by atomic mass is 35.5. The number of halogens is 1. The van der Waals surface area contributed by atoms with Gasteiger partial charge in [-0.2, -0.15) is 5.10 Å². The molecular weight excluding hydrogens is 458 g/mol. The van der Waals surface area contributed by atoms with Gasteiger partial charge in [-0.05, 0) is 42.7 Å². The first-order valence-corrected chi connectivity index (χ1v) is 11.2. The largest absolute Gasteiger partial charge is 0.497 e. The fraction of sp³-hybridized carbons (Fsp3) is 0.250. The Balaban J connectivity index is 1.48. The lowest BCUT2D eigenvalue weighted by Gasteiger charge is -2.35. The number of methoxy groups -OCH3 is 1. The zero-order chi connectivity index (χ0) is 23.8. The van der Waals surface area contributed by atoms with Crippen LogP contribution in [0.1, 0.15) is 34.7 Å². The monoisotopic (exact) mass is 479 g/mol. The van der Waals surface area contributed by atoms with Crippen molar-refractivity contribution < 1.29 is 14.6 Å². The molecule has 174 valence electrons. The summed E-state index contributed by atoms with van der Waals surface area (Å²) in [6, 6.07) is 11.5. The Bertz CT molecular complexity index is 1450. The third-order valence-electron chi connectivity index (χ3n) is 6.14. The van der Waals surface area contributed by atoms with Gasteiger partial charge >= 0.3 is 5.97 Å². The van der Waals surface area contributed by atoms with Gasteiger partial charge in [0.2, 0.25) is 5.95 Å². The van der Waals surface area contributed by atoms with Gasteiger partial charge in [-0.25, -0.2) is 14.5 Å². The maximum absolute atomic E-state index is 12.9. The summed E-state index contributed by atoms with van der Waals surface area (Å²) in [4.78, 5) is 33.3. The van der Waals surface area contributed by atoms with E-state index in [1.54, 1.807) is 19.2 Å². The van der Waals surface area contributed by atoms with E-state index in [1.807, 2.05) is 12.1 Å². The number of piperidine rings is 1. The van der Waals surface area contributed by atoms with Crippen LogP contribution < -0.4 is 15.2 Å². The average molecular weight is 480 g/mol. The van der Waals surface area contributed by atoms with Crippen LogP contribution in [0.3, 0.4) is 0 Å². The Morgan fingerprint density at radius 2 is 2.15 bits per heavy atom. The smallest absolute Gasteiger partial charge is 0.338 e. The van der Waals surface area contributed by atoms with Gasteiger partial charge in [0.15, 0.2) is 0 Å². The van der Waals surface area contributed by atoms with Crippen molar-refractivity contribution in [1.82, 2.24) is 19.7 Å². The normalized spacial score (nSPS) is 16.1. The predicted molar refractivity (Wildman–Crippen MR) is 129 cm³/mol. The molecule has 5 rings (SSSR count). The maximum Gasteiger partial charge on any atom is 0.338 e. The van der Waals surface area contributed by atoms with E-state index >= 15 is 0 Å². The molecule has 2 aromatic carbocycles. The first-order chi connectivity index (χ1) is 16.4. The zero-order valence-corrected chi connectivity index (χ0v) is 19.1. The minimum Gasteiger partial charge on any atom is -0.497 e. The van der Waals surface area contributed by atoms with E-state index in [9.17, 15) is 9.59 Å². The highest BCUT2D eigenvalue weighted by Gasteiger charge is 2.24. The summed E-state index contributed by atoms with van der Waals surface area (Å²) in [5, 5.41) is 14.0. The number of H-pyrrole nitrogens is 1. The SMILES string of the molecule is COc1cccc(C2CCCN(c3cc4c(=O)[nH]c(-n5cc(C(=O)O)cn5)nc4cc3Cl)C2)c1. The molecule has 0 aliphatic carbocycles. The van der Waals surface area contributed by atoms with Crippen molar-refractivity contribution in [3.05, 3.63) is 75.3 Å². The van der Waals surface area contributed by atoms with Crippen LogP contribution in [0.15, 0.2) is 53.6 Å². The molecule has 0 amide bonds. The first kappa shape index (κ1) is 22.0. The van der Waals surface area contributed by atoms with Crippen molar-refractivity contribution in [2.75, 3.05) is 25.1 Å². The number of hydrogen-bond donors (Lipinski definition) is 2. The minimum atomic E-state index is -1.11. The third kappa shape index (κ3) is 4.10. The summed E-state index contributed by atoms with van der Waals surface area (Å²) in [6.07, 6.45) is 4.53. The van der Waals surface area contributed by atoms with E-state index in [0.717, 1.165) is 37.4 Å². The van der Waals surface area contributed by atoms with Crippen LogP contribution in [-0.4, -0.2) is 51.0 Å². The van der Waals surface area contributed by atoms with Crippen LogP contribution in [0.4, 0.5) is 5.69 Å². The van der Waals surface area contributed by atoms with Crippen LogP contribution >= 0.6 is 11.6 Å². The Hall–Kier alpha value is -3.85. The zero-order valence-electron chi connectivity index (χ0n) is 18.4. The minimum absolute atomic E-state index is 0.00758. The van der Waals surface area contributed by atoms with E-state index in [-0.39, 0.29) is 17.1 Å². The molecular formula is C24H22ClN5O4. The van der Waals surface area contributed by atoms with Gasteiger partial charge in [-0.1, -0.05) is 23.7 Å². The second-order valence-corrected chi connectivity index (χ2v) is 8.66. The van der Waals surface area contributed by atoms with E-state index in [1.165, 1.54) is 22.6 Å². The number of aromatic amines is 1. The lowest BCUT2D eigenvalue weighted by atomic mass is 9.90. The number of fused-ring (bicyclic) bond motifs is 1. The fourth-order valence-electron chi connectivity index (χ4n) is 4.40. The summed E-state index contributed by atoms with van der Waals surface area (Å²) in [5.41, 5.74) is 2.04. The van der Waals surface area contributed by atoms with Crippen molar-refractivity contribution in [2.24, 2.45) is 0 Å². The molecule has 0 saturated carbocycles. The summed E-state index contributed by atoms with van der Waals surface area (Å²) >= 11 is 6.66. The lowest BCUT2D eigenvalue weighted by molar-refractivity contribution is 0.0697. The molecule has 34 heavy (non-hydrogen) atoms. The molecule has 9 nitrogen and oxygen atoms in total. The van der Waals surface area contributed by atoms with Gasteiger partial charge < -0.3 is 14.7 Å². The molecule has 4 aromatic rings. The number of carboxylic acids is 1. The quantitative estimate of drug-likeness (QED) is 0.447. The molecule has 1 saturated heterocycles. The molecule has 1 aliphatic rings. The standard InChI is InChI=1S/C24H22ClN5O4/c1-34-17-6-2-4-14(8-17)15-5-3-7-29(12-15)21-9-18-20(10-19(21)25)27-24(28-22(18)31)30-13-16(11-26-30)23(32)33/h2,4,6,8-11,13,15H,3,5,7,12H2,1H3,(H,32,33)(H,27,28,31). The average Bonchev–Trinajstić information content (AvgIpc) is 3.35. The number of nitrogens with one attached hydrogen (secondary N) is 1. The number of nitrogens with zero attached hydrogens (tertiary/aromatic N) is 4. The van der Waals surface area contributed by atoms with Crippen LogP contribution in [0.2, 0.25) is 5.02 Å². The molecule has 2 aromatic heterocycles. The van der Waals surface area contributed by atoms with Crippen molar-refractivity contribution in [2.45, 2.75) is 18.8 Å². The van der Waals surface area contributed by atoms with Crippen LogP contribution in [0.5, 0.6) is 5.75 Å². The maximum atomic E-state index is 12.9. The molecule has 10 heteroatoms. The van der Waals surface area contributed by atoms with Crippen LogP contribution in [-0.2, 0) is 0 Å². The number of carboxylic acid groups (broad SMARTS) is 1. The molecule has 3 heterocycles. The van der Waals surface area contributed by atoms with E-state index in [0.29, 0.717) is 21.8 Å². The third-order valence-corrected chi connectivity index (χ3v) is 6.44. The Morgan fingerprint density at radius 3 is 2.91 bits per heavy atom. The van der Waals surface area contributed by atoms with E-state index in [4.69, 9.17) is 21.4 Å².